The van der Waals surface area contributed by atoms with Crippen molar-refractivity contribution in [1.82, 2.24) is 0 Å². The van der Waals surface area contributed by atoms with Crippen molar-refractivity contribution in [3.63, 3.8) is 0 Å². The van der Waals surface area contributed by atoms with Crippen LogP contribution in [0.3, 0.4) is 0 Å². The molecule has 1 nitrogen and oxygen atoms in total. The normalized spacial score (nSPS) is 18.5. The first-order valence-corrected chi connectivity index (χ1v) is 11.9. The van der Waals surface area contributed by atoms with Gasteiger partial charge in [0.2, 0.25) is 5.82 Å². The molecule has 0 aromatic heterocycles. The van der Waals surface area contributed by atoms with Gasteiger partial charge in [-0.25, -0.2) is 4.39 Å². The van der Waals surface area contributed by atoms with Crippen LogP contribution in [0, 0.1) is 24.5 Å². The summed E-state index contributed by atoms with van der Waals surface area (Å²) >= 11 is 0. The molecule has 3 aromatic rings. The summed E-state index contributed by atoms with van der Waals surface area (Å²) < 4.78 is 33.2. The van der Waals surface area contributed by atoms with Crippen molar-refractivity contribution in [3.05, 3.63) is 101 Å². The molecule has 0 N–H and O–H groups in total. The predicted octanol–water partition coefficient (Wildman–Crippen LogP) is 8.41. The first-order chi connectivity index (χ1) is 16.0. The number of benzene rings is 3. The summed E-state index contributed by atoms with van der Waals surface area (Å²) in [7, 11) is 1.33. The van der Waals surface area contributed by atoms with Crippen LogP contribution < -0.4 is 4.74 Å². The van der Waals surface area contributed by atoms with Crippen molar-refractivity contribution < 1.29 is 13.5 Å². The van der Waals surface area contributed by atoms with E-state index in [1.807, 2.05) is 24.3 Å². The Kier molecular flexibility index (Phi) is 7.59. The molecule has 1 saturated carbocycles. The van der Waals surface area contributed by atoms with E-state index in [9.17, 15) is 8.78 Å². The summed E-state index contributed by atoms with van der Waals surface area (Å²) in [6.45, 7) is 2.14. The monoisotopic (exact) mass is 446 g/mol. The Balaban J connectivity index is 1.26. The number of rotatable bonds is 7. The average Bonchev–Trinajstić information content (AvgIpc) is 2.85. The van der Waals surface area contributed by atoms with Crippen LogP contribution in [0.2, 0.25) is 0 Å². The quantitative estimate of drug-likeness (QED) is 0.331. The Bertz CT molecular complexity index is 1080. The Hall–Kier alpha value is -2.94. The Morgan fingerprint density at radius 1 is 0.848 bits per heavy atom. The summed E-state index contributed by atoms with van der Waals surface area (Å²) in [6.07, 6.45) is 11.7. The molecule has 1 aliphatic rings. The topological polar surface area (TPSA) is 9.23 Å². The van der Waals surface area contributed by atoms with Gasteiger partial charge >= 0.3 is 0 Å². The van der Waals surface area contributed by atoms with E-state index in [1.54, 1.807) is 6.07 Å². The summed E-state index contributed by atoms with van der Waals surface area (Å²) in [4.78, 5) is 0. The highest BCUT2D eigenvalue weighted by Crippen LogP contribution is 2.36. The van der Waals surface area contributed by atoms with Crippen LogP contribution in [0.1, 0.15) is 54.7 Å². The van der Waals surface area contributed by atoms with Gasteiger partial charge in [-0.05, 0) is 86.1 Å². The van der Waals surface area contributed by atoms with Gasteiger partial charge in [0, 0.05) is 5.56 Å². The lowest BCUT2D eigenvalue weighted by atomic mass is 9.78. The van der Waals surface area contributed by atoms with Gasteiger partial charge in [0.25, 0.3) is 0 Å². The average molecular weight is 447 g/mol. The SMILES string of the molecule is COc1ccc(-c2ccc(CC/C=C/C3CCC(c4ccc(C)cc4)CC3)cc2)c(F)c1F. The van der Waals surface area contributed by atoms with E-state index in [2.05, 4.69) is 43.3 Å². The smallest absolute Gasteiger partial charge is 0.201 e. The molecule has 0 saturated heterocycles. The summed E-state index contributed by atoms with van der Waals surface area (Å²) in [5, 5.41) is 0. The summed E-state index contributed by atoms with van der Waals surface area (Å²) in [6, 6.07) is 19.8. The molecule has 172 valence electrons. The van der Waals surface area contributed by atoms with Crippen molar-refractivity contribution >= 4 is 0 Å². The third kappa shape index (κ3) is 5.71. The fourth-order valence-electron chi connectivity index (χ4n) is 4.79. The molecule has 4 rings (SSSR count). The van der Waals surface area contributed by atoms with Crippen molar-refractivity contribution in [2.24, 2.45) is 5.92 Å². The number of aryl methyl sites for hydroxylation is 2. The molecule has 33 heavy (non-hydrogen) atoms. The second-order valence-corrected chi connectivity index (χ2v) is 9.13. The largest absolute Gasteiger partial charge is 0.494 e. The minimum atomic E-state index is -0.947. The molecule has 3 aromatic carbocycles. The zero-order valence-corrected chi connectivity index (χ0v) is 19.5. The fourth-order valence-corrected chi connectivity index (χ4v) is 4.79. The molecule has 0 unspecified atom stereocenters. The van der Waals surface area contributed by atoms with Crippen LogP contribution in [-0.2, 0) is 6.42 Å². The molecule has 0 amide bonds. The van der Waals surface area contributed by atoms with E-state index in [0.29, 0.717) is 17.4 Å². The first-order valence-electron chi connectivity index (χ1n) is 11.9. The molecule has 1 aliphatic carbocycles. The second kappa shape index (κ2) is 10.8. The molecule has 0 radical (unpaired) electrons. The van der Waals surface area contributed by atoms with Gasteiger partial charge in [0.05, 0.1) is 7.11 Å². The molecule has 1 fully saturated rings. The Morgan fingerprint density at radius 3 is 2.21 bits per heavy atom. The van der Waals surface area contributed by atoms with Gasteiger partial charge in [0.15, 0.2) is 11.6 Å². The van der Waals surface area contributed by atoms with E-state index in [0.717, 1.165) is 12.8 Å². The first kappa shape index (κ1) is 23.2. The third-order valence-electron chi connectivity index (χ3n) is 6.86. The van der Waals surface area contributed by atoms with Gasteiger partial charge < -0.3 is 4.74 Å². The highest BCUT2D eigenvalue weighted by Gasteiger charge is 2.20. The van der Waals surface area contributed by atoms with Crippen LogP contribution in [-0.4, -0.2) is 7.11 Å². The summed E-state index contributed by atoms with van der Waals surface area (Å²) in [5.74, 6) is -0.512. The van der Waals surface area contributed by atoms with Crippen LogP contribution in [0.15, 0.2) is 72.8 Å². The van der Waals surface area contributed by atoms with E-state index in [1.165, 1.54) is 55.5 Å². The van der Waals surface area contributed by atoms with Crippen LogP contribution in [0.4, 0.5) is 8.78 Å². The number of ether oxygens (including phenoxy) is 1. The molecule has 0 bridgehead atoms. The van der Waals surface area contributed by atoms with Gasteiger partial charge in [-0.15, -0.1) is 0 Å². The molecule has 0 atom stereocenters. The van der Waals surface area contributed by atoms with E-state index >= 15 is 0 Å². The van der Waals surface area contributed by atoms with Gasteiger partial charge in [-0.1, -0.05) is 66.2 Å². The fraction of sp³-hybridized carbons (Fsp3) is 0.333. The molecular formula is C30H32F2O. The molecule has 0 spiro atoms. The van der Waals surface area contributed by atoms with Gasteiger partial charge in [-0.3, -0.25) is 0 Å². The number of methoxy groups -OCH3 is 1. The lowest BCUT2D eigenvalue weighted by Gasteiger charge is -2.27. The number of halogens is 2. The lowest BCUT2D eigenvalue weighted by molar-refractivity contribution is 0.372. The lowest BCUT2D eigenvalue weighted by Crippen LogP contribution is -2.11. The highest BCUT2D eigenvalue weighted by molar-refractivity contribution is 5.65. The number of allylic oxidation sites excluding steroid dienone is 2. The van der Waals surface area contributed by atoms with E-state index in [-0.39, 0.29) is 11.3 Å². The predicted molar refractivity (Wildman–Crippen MR) is 132 cm³/mol. The maximum atomic E-state index is 14.3. The zero-order valence-electron chi connectivity index (χ0n) is 19.5. The Labute approximate surface area is 196 Å². The van der Waals surface area contributed by atoms with Crippen molar-refractivity contribution in [1.29, 1.82) is 0 Å². The highest BCUT2D eigenvalue weighted by atomic mass is 19.2. The molecular weight excluding hydrogens is 414 g/mol. The minimum absolute atomic E-state index is 0.0803. The minimum Gasteiger partial charge on any atom is -0.494 e. The summed E-state index contributed by atoms with van der Waals surface area (Å²) in [5.41, 5.74) is 4.93. The van der Waals surface area contributed by atoms with Crippen molar-refractivity contribution in [3.8, 4) is 16.9 Å². The third-order valence-corrected chi connectivity index (χ3v) is 6.86. The second-order valence-electron chi connectivity index (χ2n) is 9.13. The van der Waals surface area contributed by atoms with E-state index < -0.39 is 11.6 Å². The standard InChI is InChI=1S/C30H32F2O/c1-21-7-13-24(14-8-21)25-15-9-22(10-16-25)5-3-4-6-23-11-17-26(18-12-23)27-19-20-28(33-2)30(32)29(27)31/h3,5,7-8,11-14,17-20,22,25H,4,6,9-10,15-16H2,1-2H3/b5-3+. The van der Waals surface area contributed by atoms with Gasteiger partial charge in [-0.2, -0.15) is 4.39 Å². The molecule has 3 heteroatoms. The zero-order chi connectivity index (χ0) is 23.2. The van der Waals surface area contributed by atoms with Crippen molar-refractivity contribution in [2.75, 3.05) is 7.11 Å². The number of hydrogen-bond acceptors (Lipinski definition) is 1. The maximum Gasteiger partial charge on any atom is 0.201 e. The Morgan fingerprint density at radius 2 is 1.55 bits per heavy atom. The number of hydrogen-bond donors (Lipinski definition) is 0. The van der Waals surface area contributed by atoms with Crippen LogP contribution in [0.5, 0.6) is 5.75 Å². The van der Waals surface area contributed by atoms with Crippen molar-refractivity contribution in [2.45, 2.75) is 51.4 Å². The molecule has 0 heterocycles. The van der Waals surface area contributed by atoms with Crippen LogP contribution in [0.25, 0.3) is 11.1 Å². The van der Waals surface area contributed by atoms with Gasteiger partial charge in [0.1, 0.15) is 0 Å². The van der Waals surface area contributed by atoms with Crippen LogP contribution >= 0.6 is 0 Å². The van der Waals surface area contributed by atoms with E-state index in [4.69, 9.17) is 4.74 Å². The maximum absolute atomic E-state index is 14.3. The molecule has 0 aliphatic heterocycles.